The molecule has 2 fully saturated rings. The van der Waals surface area contributed by atoms with Crippen molar-refractivity contribution in [1.82, 2.24) is 0 Å². The van der Waals surface area contributed by atoms with Crippen molar-refractivity contribution in [2.24, 2.45) is 0 Å². The number of aliphatic hydroxyl groups is 1. The molecule has 0 radical (unpaired) electrons. The molecule has 0 saturated carbocycles. The molecule has 2 aliphatic heterocycles. The maximum atomic E-state index is 9.72. The van der Waals surface area contributed by atoms with Gasteiger partial charge in [0.2, 0.25) is 0 Å². The second kappa shape index (κ2) is 7.02. The fourth-order valence-electron chi connectivity index (χ4n) is 2.97. The molecule has 19 heavy (non-hydrogen) atoms. The van der Waals surface area contributed by atoms with Crippen molar-refractivity contribution in [1.29, 1.82) is 0 Å². The minimum absolute atomic E-state index is 0.109. The Hall–Kier alpha value is -0.160. The van der Waals surface area contributed by atoms with Crippen LogP contribution in [0, 0.1) is 0 Å². The van der Waals surface area contributed by atoms with Crippen molar-refractivity contribution in [3.63, 3.8) is 0 Å². The second-order valence-electron chi connectivity index (χ2n) is 6.03. The largest absolute Gasteiger partial charge is 0.388 e. The van der Waals surface area contributed by atoms with Crippen molar-refractivity contribution in [3.05, 3.63) is 0 Å². The van der Waals surface area contributed by atoms with E-state index in [1.54, 1.807) is 0 Å². The van der Waals surface area contributed by atoms with E-state index in [0.29, 0.717) is 13.2 Å². The summed E-state index contributed by atoms with van der Waals surface area (Å²) in [4.78, 5) is 0. The van der Waals surface area contributed by atoms with E-state index in [0.717, 1.165) is 13.0 Å². The van der Waals surface area contributed by atoms with Crippen molar-refractivity contribution >= 4 is 0 Å². The molecule has 2 saturated heterocycles. The third-order valence-electron chi connectivity index (χ3n) is 4.22. The summed E-state index contributed by atoms with van der Waals surface area (Å²) in [5.41, 5.74) is -0.383. The summed E-state index contributed by atoms with van der Waals surface area (Å²) in [6, 6.07) is 0. The van der Waals surface area contributed by atoms with Gasteiger partial charge in [-0.3, -0.25) is 0 Å². The van der Waals surface area contributed by atoms with Gasteiger partial charge >= 0.3 is 0 Å². The number of rotatable bonds is 8. The maximum absolute atomic E-state index is 9.72. The molecule has 0 bridgehead atoms. The van der Waals surface area contributed by atoms with Gasteiger partial charge in [-0.05, 0) is 13.3 Å². The smallest absolute Gasteiger partial charge is 0.117 e. The van der Waals surface area contributed by atoms with Crippen LogP contribution in [0.15, 0.2) is 0 Å². The number of unbranched alkanes of at least 4 members (excludes halogenated alkanes) is 5. The fraction of sp³-hybridized carbons (Fsp3) is 1.00. The lowest BCUT2D eigenvalue weighted by atomic mass is 9.98. The molecule has 4 nitrogen and oxygen atoms in total. The Kier molecular flexibility index (Phi) is 5.63. The van der Waals surface area contributed by atoms with Crippen molar-refractivity contribution in [3.8, 4) is 0 Å². The molecule has 112 valence electrons. The molecule has 2 rings (SSSR count). The molecule has 4 heteroatoms. The predicted molar refractivity (Wildman–Crippen MR) is 73.2 cm³/mol. The molecule has 0 aromatic heterocycles. The monoisotopic (exact) mass is 272 g/mol. The first-order valence-corrected chi connectivity index (χ1v) is 7.72. The van der Waals surface area contributed by atoms with Gasteiger partial charge < -0.3 is 19.3 Å². The predicted octanol–water partition coefficient (Wildman–Crippen LogP) is 2.28. The van der Waals surface area contributed by atoms with Crippen LogP contribution in [0.3, 0.4) is 0 Å². The van der Waals surface area contributed by atoms with Gasteiger partial charge in [-0.15, -0.1) is 0 Å². The molecular formula is C15H28O4. The minimum atomic E-state index is -0.496. The van der Waals surface area contributed by atoms with Crippen LogP contribution in [0.4, 0.5) is 0 Å². The van der Waals surface area contributed by atoms with E-state index in [-0.39, 0.29) is 17.8 Å². The highest BCUT2D eigenvalue weighted by molar-refractivity contribution is 5.02. The highest BCUT2D eigenvalue weighted by atomic mass is 16.6. The summed E-state index contributed by atoms with van der Waals surface area (Å²) in [7, 11) is 0. The Bertz CT molecular complexity index is 271. The van der Waals surface area contributed by atoms with Gasteiger partial charge in [-0.2, -0.15) is 0 Å². The number of ether oxygens (including phenoxy) is 3. The highest BCUT2D eigenvalue weighted by Gasteiger charge is 2.54. The lowest BCUT2D eigenvalue weighted by Gasteiger charge is -2.28. The first-order valence-electron chi connectivity index (χ1n) is 7.72. The van der Waals surface area contributed by atoms with Gasteiger partial charge in [-0.25, -0.2) is 0 Å². The molecule has 0 aromatic carbocycles. The summed E-state index contributed by atoms with van der Waals surface area (Å²) in [5.74, 6) is 0. The van der Waals surface area contributed by atoms with E-state index in [9.17, 15) is 5.11 Å². The molecule has 0 spiro atoms. The first kappa shape index (κ1) is 15.2. The Morgan fingerprint density at radius 3 is 2.68 bits per heavy atom. The quantitative estimate of drug-likeness (QED) is 0.689. The van der Waals surface area contributed by atoms with Gasteiger partial charge in [0.1, 0.15) is 23.9 Å². The summed E-state index contributed by atoms with van der Waals surface area (Å²) >= 11 is 0. The Morgan fingerprint density at radius 2 is 1.89 bits per heavy atom. The molecule has 2 heterocycles. The van der Waals surface area contributed by atoms with Crippen LogP contribution in [-0.4, -0.2) is 48.8 Å². The van der Waals surface area contributed by atoms with E-state index in [1.165, 1.54) is 32.1 Å². The normalized spacial score (nSPS) is 37.7. The zero-order chi connectivity index (χ0) is 13.7. The summed E-state index contributed by atoms with van der Waals surface area (Å²) < 4.78 is 17.2. The molecular weight excluding hydrogens is 244 g/mol. The molecule has 0 aromatic rings. The lowest BCUT2D eigenvalue weighted by Crippen LogP contribution is -2.43. The zero-order valence-electron chi connectivity index (χ0n) is 12.3. The second-order valence-corrected chi connectivity index (χ2v) is 6.03. The third-order valence-corrected chi connectivity index (χ3v) is 4.22. The van der Waals surface area contributed by atoms with E-state index in [1.807, 2.05) is 6.92 Å². The topological polar surface area (TPSA) is 47.9 Å². The van der Waals surface area contributed by atoms with Crippen molar-refractivity contribution in [2.45, 2.75) is 76.3 Å². The van der Waals surface area contributed by atoms with Crippen LogP contribution >= 0.6 is 0 Å². The number of hydrogen-bond donors (Lipinski definition) is 1. The molecule has 0 aliphatic carbocycles. The van der Waals surface area contributed by atoms with Crippen LogP contribution < -0.4 is 0 Å². The van der Waals surface area contributed by atoms with Gasteiger partial charge in [0.15, 0.2) is 0 Å². The minimum Gasteiger partial charge on any atom is -0.388 e. The summed E-state index contributed by atoms with van der Waals surface area (Å²) in [6.45, 7) is 5.92. The van der Waals surface area contributed by atoms with Crippen LogP contribution in [0.2, 0.25) is 0 Å². The standard InChI is InChI=1S/C15H28O4/c1-3-4-5-6-7-8-9-19-15(2)11-18-13-12(16)10-17-14(13)15/h12-14,16H,3-11H2,1-2H3/t12-,13-,14+,15+/m1/s1. The Morgan fingerprint density at radius 1 is 1.16 bits per heavy atom. The lowest BCUT2D eigenvalue weighted by molar-refractivity contribution is -0.105. The summed E-state index contributed by atoms with van der Waals surface area (Å²) in [6.07, 6.45) is 6.77. The van der Waals surface area contributed by atoms with Crippen LogP contribution in [-0.2, 0) is 14.2 Å². The van der Waals surface area contributed by atoms with Crippen molar-refractivity contribution in [2.75, 3.05) is 19.8 Å². The number of hydrogen-bond acceptors (Lipinski definition) is 4. The highest BCUT2D eigenvalue weighted by Crippen LogP contribution is 2.36. The van der Waals surface area contributed by atoms with Gasteiger partial charge in [-0.1, -0.05) is 39.0 Å². The number of fused-ring (bicyclic) bond motifs is 1. The maximum Gasteiger partial charge on any atom is 0.117 e. The van der Waals surface area contributed by atoms with Gasteiger partial charge in [0.25, 0.3) is 0 Å². The van der Waals surface area contributed by atoms with Gasteiger partial charge in [0.05, 0.1) is 13.2 Å². The van der Waals surface area contributed by atoms with E-state index >= 15 is 0 Å². The van der Waals surface area contributed by atoms with E-state index in [4.69, 9.17) is 14.2 Å². The average Bonchev–Trinajstić information content (AvgIpc) is 2.92. The van der Waals surface area contributed by atoms with Crippen LogP contribution in [0.5, 0.6) is 0 Å². The Labute approximate surface area is 116 Å². The van der Waals surface area contributed by atoms with E-state index < -0.39 is 6.10 Å². The van der Waals surface area contributed by atoms with Crippen molar-refractivity contribution < 1.29 is 19.3 Å². The first-order chi connectivity index (χ1) is 9.17. The van der Waals surface area contributed by atoms with Crippen LogP contribution in [0.25, 0.3) is 0 Å². The molecule has 1 N–H and O–H groups in total. The SMILES string of the molecule is CCCCCCCCO[C@@]1(C)CO[C@@H]2[C@H](O)CO[C@@H]21. The van der Waals surface area contributed by atoms with E-state index in [2.05, 4.69) is 6.92 Å². The molecule has 2 aliphatic rings. The molecule has 0 unspecified atom stereocenters. The summed E-state index contributed by atoms with van der Waals surface area (Å²) in [5, 5.41) is 9.72. The van der Waals surface area contributed by atoms with Crippen LogP contribution in [0.1, 0.15) is 52.4 Å². The molecule has 4 atom stereocenters. The zero-order valence-corrected chi connectivity index (χ0v) is 12.3. The average molecular weight is 272 g/mol. The third kappa shape index (κ3) is 3.69. The van der Waals surface area contributed by atoms with Gasteiger partial charge in [0, 0.05) is 6.61 Å². The fourth-order valence-corrected chi connectivity index (χ4v) is 2.97. The number of aliphatic hydroxyl groups excluding tert-OH is 1. The molecule has 0 amide bonds. The Balaban J connectivity index is 1.63.